The van der Waals surface area contributed by atoms with E-state index in [1.165, 1.54) is 0 Å². The van der Waals surface area contributed by atoms with Gasteiger partial charge in [0.05, 0.1) is 5.60 Å². The number of aliphatic hydroxyl groups is 1. The summed E-state index contributed by atoms with van der Waals surface area (Å²) in [6.07, 6.45) is 3.64. The fraction of sp³-hybridized carbons (Fsp3) is 0.562. The Labute approximate surface area is 120 Å². The Morgan fingerprint density at radius 3 is 2.75 bits per heavy atom. The van der Waals surface area contributed by atoms with Gasteiger partial charge in [0.2, 0.25) is 0 Å². The molecule has 0 aliphatic heterocycles. The molecule has 1 aromatic rings. The van der Waals surface area contributed by atoms with E-state index < -0.39 is 5.60 Å². The molecule has 1 fully saturated rings. The molecular formula is C16H23NO3. The van der Waals surface area contributed by atoms with Crippen LogP contribution in [0, 0.1) is 6.92 Å². The molecule has 4 nitrogen and oxygen atoms in total. The standard InChI is InChI=1S/C16H23NO3/c1-13-6-5-7-14(10-13)20-11-15(18)17(2)12-16(19)8-3-4-9-16/h5-7,10,19H,3-4,8-9,11-12H2,1-2H3. The first-order valence-electron chi connectivity index (χ1n) is 7.14. The first-order chi connectivity index (χ1) is 9.48. The summed E-state index contributed by atoms with van der Waals surface area (Å²) in [4.78, 5) is 13.6. The molecule has 4 heteroatoms. The Hall–Kier alpha value is -1.55. The lowest BCUT2D eigenvalue weighted by Gasteiger charge is -2.28. The van der Waals surface area contributed by atoms with Gasteiger partial charge in [-0.05, 0) is 37.5 Å². The minimum atomic E-state index is -0.701. The average molecular weight is 277 g/mol. The minimum Gasteiger partial charge on any atom is -0.484 e. The van der Waals surface area contributed by atoms with Crippen LogP contribution in [0.2, 0.25) is 0 Å². The Bertz CT molecular complexity index is 467. The van der Waals surface area contributed by atoms with Crippen molar-refractivity contribution < 1.29 is 14.6 Å². The van der Waals surface area contributed by atoms with Gasteiger partial charge in [-0.3, -0.25) is 4.79 Å². The molecule has 0 unspecified atom stereocenters. The zero-order valence-corrected chi connectivity index (χ0v) is 12.3. The van der Waals surface area contributed by atoms with E-state index in [0.29, 0.717) is 12.3 Å². The zero-order valence-electron chi connectivity index (χ0n) is 12.3. The first kappa shape index (κ1) is 14.9. The number of carbonyl (C=O) groups is 1. The molecule has 0 radical (unpaired) electrons. The molecule has 0 saturated heterocycles. The molecule has 1 aliphatic rings. The van der Waals surface area contributed by atoms with Crippen LogP contribution in [0.25, 0.3) is 0 Å². The van der Waals surface area contributed by atoms with Crippen LogP contribution in [0.15, 0.2) is 24.3 Å². The molecule has 0 atom stereocenters. The van der Waals surface area contributed by atoms with Crippen molar-refractivity contribution in [2.75, 3.05) is 20.2 Å². The molecule has 1 amide bonds. The summed E-state index contributed by atoms with van der Waals surface area (Å²) in [5.41, 5.74) is 0.400. The lowest BCUT2D eigenvalue weighted by molar-refractivity contribution is -0.135. The summed E-state index contributed by atoms with van der Waals surface area (Å²) >= 11 is 0. The topological polar surface area (TPSA) is 49.8 Å². The van der Waals surface area contributed by atoms with Gasteiger partial charge in [-0.15, -0.1) is 0 Å². The molecule has 0 bridgehead atoms. The third-order valence-corrected chi connectivity index (χ3v) is 3.84. The van der Waals surface area contributed by atoms with Crippen molar-refractivity contribution >= 4 is 5.91 Å². The summed E-state index contributed by atoms with van der Waals surface area (Å²) in [6, 6.07) is 7.62. The fourth-order valence-electron chi connectivity index (χ4n) is 2.68. The van der Waals surface area contributed by atoms with Crippen molar-refractivity contribution in [3.8, 4) is 5.75 Å². The second kappa shape index (κ2) is 6.27. The average Bonchev–Trinajstić information content (AvgIpc) is 2.82. The lowest BCUT2D eigenvalue weighted by Crippen LogP contribution is -2.43. The number of likely N-dealkylation sites (N-methyl/N-ethyl adjacent to an activating group) is 1. The summed E-state index contributed by atoms with van der Waals surface area (Å²) in [7, 11) is 1.72. The Morgan fingerprint density at radius 1 is 1.40 bits per heavy atom. The van der Waals surface area contributed by atoms with Crippen LogP contribution < -0.4 is 4.74 Å². The van der Waals surface area contributed by atoms with Crippen molar-refractivity contribution in [3.63, 3.8) is 0 Å². The molecule has 0 spiro atoms. The maximum Gasteiger partial charge on any atom is 0.260 e. The molecule has 20 heavy (non-hydrogen) atoms. The van der Waals surface area contributed by atoms with E-state index in [2.05, 4.69) is 0 Å². The van der Waals surface area contributed by atoms with E-state index in [1.54, 1.807) is 11.9 Å². The SMILES string of the molecule is Cc1cccc(OCC(=O)N(C)CC2(O)CCCC2)c1. The van der Waals surface area contributed by atoms with Gasteiger partial charge in [0.15, 0.2) is 6.61 Å². The van der Waals surface area contributed by atoms with Crippen LogP contribution in [0.4, 0.5) is 0 Å². The van der Waals surface area contributed by atoms with Gasteiger partial charge in [-0.2, -0.15) is 0 Å². The maximum absolute atomic E-state index is 12.0. The number of carbonyl (C=O) groups excluding carboxylic acids is 1. The number of nitrogens with zero attached hydrogens (tertiary/aromatic N) is 1. The molecule has 2 rings (SSSR count). The number of rotatable bonds is 5. The molecule has 110 valence electrons. The van der Waals surface area contributed by atoms with Crippen molar-refractivity contribution in [1.82, 2.24) is 4.90 Å². The predicted octanol–water partition coefficient (Wildman–Crippen LogP) is 2.14. The third kappa shape index (κ3) is 3.97. The fourth-order valence-corrected chi connectivity index (χ4v) is 2.68. The number of hydrogen-bond donors (Lipinski definition) is 1. The van der Waals surface area contributed by atoms with Gasteiger partial charge in [0.25, 0.3) is 5.91 Å². The van der Waals surface area contributed by atoms with Gasteiger partial charge < -0.3 is 14.7 Å². The van der Waals surface area contributed by atoms with E-state index in [4.69, 9.17) is 4.74 Å². The minimum absolute atomic E-state index is 0.00995. The van der Waals surface area contributed by atoms with E-state index in [0.717, 1.165) is 31.2 Å². The molecule has 1 N–H and O–H groups in total. The highest BCUT2D eigenvalue weighted by molar-refractivity contribution is 5.77. The molecule has 0 heterocycles. The number of amides is 1. The molecule has 1 aromatic carbocycles. The van der Waals surface area contributed by atoms with E-state index in [-0.39, 0.29) is 12.5 Å². The molecule has 1 aliphatic carbocycles. The number of hydrogen-bond acceptors (Lipinski definition) is 3. The van der Waals surface area contributed by atoms with Crippen LogP contribution in [0.3, 0.4) is 0 Å². The monoisotopic (exact) mass is 277 g/mol. The van der Waals surface area contributed by atoms with Gasteiger partial charge in [0, 0.05) is 13.6 Å². The van der Waals surface area contributed by atoms with Crippen LogP contribution in [0.5, 0.6) is 5.75 Å². The zero-order chi connectivity index (χ0) is 14.6. The van der Waals surface area contributed by atoms with Gasteiger partial charge >= 0.3 is 0 Å². The highest BCUT2D eigenvalue weighted by Crippen LogP contribution is 2.29. The normalized spacial score (nSPS) is 16.9. The first-order valence-corrected chi connectivity index (χ1v) is 7.14. The summed E-state index contributed by atoms with van der Waals surface area (Å²) in [6.45, 7) is 2.38. The quantitative estimate of drug-likeness (QED) is 0.897. The van der Waals surface area contributed by atoms with Crippen LogP contribution >= 0.6 is 0 Å². The lowest BCUT2D eigenvalue weighted by atomic mass is 10.0. The number of benzene rings is 1. The number of ether oxygens (including phenoxy) is 1. The van der Waals surface area contributed by atoms with Gasteiger partial charge in [-0.25, -0.2) is 0 Å². The molecular weight excluding hydrogens is 254 g/mol. The van der Waals surface area contributed by atoms with Crippen LogP contribution in [-0.2, 0) is 4.79 Å². The second-order valence-corrected chi connectivity index (χ2v) is 5.79. The maximum atomic E-state index is 12.0. The Kier molecular flexibility index (Phi) is 4.65. The van der Waals surface area contributed by atoms with Crippen molar-refractivity contribution in [3.05, 3.63) is 29.8 Å². The summed E-state index contributed by atoms with van der Waals surface area (Å²) in [5, 5.41) is 10.3. The van der Waals surface area contributed by atoms with Crippen molar-refractivity contribution in [2.24, 2.45) is 0 Å². The highest BCUT2D eigenvalue weighted by atomic mass is 16.5. The largest absolute Gasteiger partial charge is 0.484 e. The van der Waals surface area contributed by atoms with Gasteiger partial charge in [0.1, 0.15) is 5.75 Å². The highest BCUT2D eigenvalue weighted by Gasteiger charge is 2.33. The second-order valence-electron chi connectivity index (χ2n) is 5.79. The van der Waals surface area contributed by atoms with E-state index >= 15 is 0 Å². The summed E-state index contributed by atoms with van der Waals surface area (Å²) < 4.78 is 5.49. The molecule has 1 saturated carbocycles. The Balaban J connectivity index is 1.82. The molecule has 0 aromatic heterocycles. The van der Waals surface area contributed by atoms with Crippen LogP contribution in [-0.4, -0.2) is 41.7 Å². The van der Waals surface area contributed by atoms with Crippen molar-refractivity contribution in [2.45, 2.75) is 38.2 Å². The van der Waals surface area contributed by atoms with E-state index in [1.807, 2.05) is 31.2 Å². The summed E-state index contributed by atoms with van der Waals surface area (Å²) in [5.74, 6) is 0.596. The van der Waals surface area contributed by atoms with Gasteiger partial charge in [-0.1, -0.05) is 25.0 Å². The van der Waals surface area contributed by atoms with Crippen LogP contribution in [0.1, 0.15) is 31.2 Å². The number of aryl methyl sites for hydroxylation is 1. The van der Waals surface area contributed by atoms with Crippen molar-refractivity contribution in [1.29, 1.82) is 0 Å². The Morgan fingerprint density at radius 2 is 2.10 bits per heavy atom. The smallest absolute Gasteiger partial charge is 0.260 e. The third-order valence-electron chi connectivity index (χ3n) is 3.84. The predicted molar refractivity (Wildman–Crippen MR) is 77.7 cm³/mol. The van der Waals surface area contributed by atoms with E-state index in [9.17, 15) is 9.90 Å².